The largest absolute Gasteiger partial charge is 0.435 e. The molecule has 10 aromatic rings. The van der Waals surface area contributed by atoms with Gasteiger partial charge in [0.1, 0.15) is 5.52 Å². The van der Waals surface area contributed by atoms with Crippen LogP contribution in [0, 0.1) is 0 Å². The summed E-state index contributed by atoms with van der Waals surface area (Å²) in [5.41, 5.74) is 8.33. The molecular weight excluding hydrogens is 617 g/mol. The molecule has 0 unspecified atom stereocenters. The zero-order chi connectivity index (χ0) is 32.3. The van der Waals surface area contributed by atoms with E-state index in [1.54, 1.807) is 0 Å². The normalized spacial score (nSPS) is 11.7. The molecule has 0 fully saturated rings. The maximum absolute atomic E-state index is 6.52. The highest BCUT2D eigenvalue weighted by molar-refractivity contribution is 7.25. The first-order chi connectivity index (χ1) is 24.3. The van der Waals surface area contributed by atoms with Crippen LogP contribution in [0.15, 0.2) is 174 Å². The van der Waals surface area contributed by atoms with Gasteiger partial charge in [0.15, 0.2) is 5.58 Å². The van der Waals surface area contributed by atoms with Crippen molar-refractivity contribution in [2.45, 2.75) is 0 Å². The van der Waals surface area contributed by atoms with Crippen LogP contribution >= 0.6 is 11.3 Å². The van der Waals surface area contributed by atoms with E-state index in [1.165, 1.54) is 31.3 Å². The second-order valence-electron chi connectivity index (χ2n) is 12.4. The van der Waals surface area contributed by atoms with Crippen LogP contribution < -0.4 is 4.90 Å². The summed E-state index contributed by atoms with van der Waals surface area (Å²) in [6.45, 7) is 0. The highest BCUT2D eigenvalue weighted by Crippen LogP contribution is 2.43. The van der Waals surface area contributed by atoms with E-state index >= 15 is 0 Å². The zero-order valence-corrected chi connectivity index (χ0v) is 27.2. The fraction of sp³-hybridized carbons (Fsp3) is 0. The first kappa shape index (κ1) is 27.8. The van der Waals surface area contributed by atoms with Crippen LogP contribution in [0.2, 0.25) is 0 Å². The predicted molar refractivity (Wildman–Crippen MR) is 207 cm³/mol. The molecule has 0 saturated heterocycles. The number of para-hydroxylation sites is 1. The van der Waals surface area contributed by atoms with Gasteiger partial charge in [-0.1, -0.05) is 103 Å². The van der Waals surface area contributed by atoms with Crippen molar-refractivity contribution in [3.8, 4) is 22.6 Å². The lowest BCUT2D eigenvalue weighted by Crippen LogP contribution is -2.10. The molecule has 0 spiro atoms. The smallest absolute Gasteiger partial charge is 0.227 e. The summed E-state index contributed by atoms with van der Waals surface area (Å²) in [6.07, 6.45) is 0. The molecule has 0 bridgehead atoms. The first-order valence-corrected chi connectivity index (χ1v) is 17.3. The van der Waals surface area contributed by atoms with Crippen molar-refractivity contribution in [3.63, 3.8) is 0 Å². The van der Waals surface area contributed by atoms with Gasteiger partial charge in [-0.25, -0.2) is 4.98 Å². The SMILES string of the molecule is c1ccc(-c2nc3ccc4ccc5c(N(c6ccccc6)c6ccc(-c7ccc8sc9ccccc9c8c7)cc6)cccc5c4c3o2)cc1. The van der Waals surface area contributed by atoms with Gasteiger partial charge in [-0.05, 0) is 88.6 Å². The average molecular weight is 645 g/mol. The minimum Gasteiger partial charge on any atom is -0.435 e. The van der Waals surface area contributed by atoms with E-state index in [0.717, 1.165) is 55.3 Å². The number of fused-ring (bicyclic) bond motifs is 8. The quantitative estimate of drug-likeness (QED) is 0.175. The van der Waals surface area contributed by atoms with Gasteiger partial charge in [-0.2, -0.15) is 0 Å². The van der Waals surface area contributed by atoms with Gasteiger partial charge < -0.3 is 9.32 Å². The Labute approximate surface area is 286 Å². The summed E-state index contributed by atoms with van der Waals surface area (Å²) in [7, 11) is 0. The Morgan fingerprint density at radius 3 is 2.02 bits per heavy atom. The number of nitrogens with zero attached hydrogens (tertiary/aromatic N) is 2. The van der Waals surface area contributed by atoms with E-state index in [1.807, 2.05) is 41.7 Å². The summed E-state index contributed by atoms with van der Waals surface area (Å²) in [4.78, 5) is 7.23. The van der Waals surface area contributed by atoms with Crippen molar-refractivity contribution in [1.82, 2.24) is 4.98 Å². The Hall–Kier alpha value is -6.23. The first-order valence-electron chi connectivity index (χ1n) is 16.5. The second kappa shape index (κ2) is 11.2. The van der Waals surface area contributed by atoms with Crippen molar-refractivity contribution >= 4 is 81.2 Å². The maximum Gasteiger partial charge on any atom is 0.227 e. The van der Waals surface area contributed by atoms with Gasteiger partial charge in [-0.3, -0.25) is 0 Å². The van der Waals surface area contributed by atoms with Crippen molar-refractivity contribution in [1.29, 1.82) is 0 Å². The topological polar surface area (TPSA) is 29.3 Å². The molecule has 0 amide bonds. The van der Waals surface area contributed by atoms with Crippen LogP contribution in [0.1, 0.15) is 0 Å². The predicted octanol–water partition coefficient (Wildman–Crippen LogP) is 13.3. The summed E-state index contributed by atoms with van der Waals surface area (Å²) in [5.74, 6) is 0.633. The Balaban J connectivity index is 1.12. The number of hydrogen-bond acceptors (Lipinski definition) is 4. The number of benzene rings is 8. The number of thiophene rings is 1. The highest BCUT2D eigenvalue weighted by Gasteiger charge is 2.19. The highest BCUT2D eigenvalue weighted by atomic mass is 32.1. The maximum atomic E-state index is 6.52. The Bertz CT molecular complexity index is 2820. The third-order valence-corrected chi connectivity index (χ3v) is 10.6. The fourth-order valence-electron chi connectivity index (χ4n) is 7.16. The van der Waals surface area contributed by atoms with Crippen LogP contribution in [-0.2, 0) is 0 Å². The van der Waals surface area contributed by atoms with Gasteiger partial charge in [0.05, 0.1) is 5.69 Å². The van der Waals surface area contributed by atoms with E-state index < -0.39 is 0 Å². The molecule has 0 atom stereocenters. The lowest BCUT2D eigenvalue weighted by molar-refractivity contribution is 0.623. The molecule has 0 aliphatic rings. The molecule has 0 aliphatic carbocycles. The number of rotatable bonds is 5. The van der Waals surface area contributed by atoms with Crippen LogP contribution in [0.4, 0.5) is 17.1 Å². The molecule has 0 radical (unpaired) electrons. The van der Waals surface area contributed by atoms with Crippen LogP contribution in [0.25, 0.3) is 75.4 Å². The molecule has 3 nitrogen and oxygen atoms in total. The molecule has 10 rings (SSSR count). The van der Waals surface area contributed by atoms with Gasteiger partial charge >= 0.3 is 0 Å². The van der Waals surface area contributed by atoms with Crippen molar-refractivity contribution in [3.05, 3.63) is 170 Å². The summed E-state index contributed by atoms with van der Waals surface area (Å²) in [6, 6.07) is 60.4. The van der Waals surface area contributed by atoms with Crippen molar-refractivity contribution in [2.75, 3.05) is 4.90 Å². The molecule has 0 N–H and O–H groups in total. The van der Waals surface area contributed by atoms with Crippen molar-refractivity contribution < 1.29 is 4.42 Å². The fourth-order valence-corrected chi connectivity index (χ4v) is 8.24. The van der Waals surface area contributed by atoms with E-state index in [9.17, 15) is 0 Å². The number of aromatic nitrogens is 1. The minimum atomic E-state index is 0.633. The number of oxazole rings is 1. The monoisotopic (exact) mass is 644 g/mol. The van der Waals surface area contributed by atoms with Gasteiger partial charge in [0, 0.05) is 47.9 Å². The van der Waals surface area contributed by atoms with Crippen LogP contribution in [0.3, 0.4) is 0 Å². The minimum absolute atomic E-state index is 0.633. The van der Waals surface area contributed by atoms with E-state index in [4.69, 9.17) is 9.40 Å². The molecular formula is C45H28N2OS. The Morgan fingerprint density at radius 1 is 0.469 bits per heavy atom. The Morgan fingerprint density at radius 2 is 1.16 bits per heavy atom. The number of anilines is 3. The molecule has 2 aromatic heterocycles. The molecule has 4 heteroatoms. The van der Waals surface area contributed by atoms with Crippen molar-refractivity contribution in [2.24, 2.45) is 0 Å². The van der Waals surface area contributed by atoms with Gasteiger partial charge in [-0.15, -0.1) is 11.3 Å². The summed E-state index contributed by atoms with van der Waals surface area (Å²) in [5, 5.41) is 7.10. The van der Waals surface area contributed by atoms with E-state index in [-0.39, 0.29) is 0 Å². The standard InChI is InChI=1S/C45H28N2OS/c1-3-10-31(11-4-1)45-46-39-26-21-30-20-25-35-37(43(30)44(39)48-45)15-9-16-40(35)47(33-12-5-2-6-13-33)34-23-18-29(19-24-34)32-22-27-42-38(28-32)36-14-7-8-17-41(36)49-42/h1-28H. The molecule has 230 valence electrons. The Kier molecular flexibility index (Phi) is 6.36. The second-order valence-corrected chi connectivity index (χ2v) is 13.4. The average Bonchev–Trinajstić information content (AvgIpc) is 3.78. The molecule has 8 aromatic carbocycles. The lowest BCUT2D eigenvalue weighted by Gasteiger charge is -2.27. The van der Waals surface area contributed by atoms with E-state index in [0.29, 0.717) is 5.89 Å². The lowest BCUT2D eigenvalue weighted by atomic mass is 9.98. The molecule has 0 aliphatic heterocycles. The third-order valence-electron chi connectivity index (χ3n) is 9.48. The van der Waals surface area contributed by atoms with E-state index in [2.05, 4.69) is 144 Å². The van der Waals surface area contributed by atoms with Crippen LogP contribution in [-0.4, -0.2) is 4.98 Å². The van der Waals surface area contributed by atoms with Crippen LogP contribution in [0.5, 0.6) is 0 Å². The summed E-state index contributed by atoms with van der Waals surface area (Å²) >= 11 is 1.85. The molecule has 2 heterocycles. The third kappa shape index (κ3) is 4.61. The van der Waals surface area contributed by atoms with Gasteiger partial charge in [0.25, 0.3) is 0 Å². The summed E-state index contributed by atoms with van der Waals surface area (Å²) < 4.78 is 9.17. The van der Waals surface area contributed by atoms with Gasteiger partial charge in [0.2, 0.25) is 5.89 Å². The molecule has 0 saturated carbocycles. The zero-order valence-electron chi connectivity index (χ0n) is 26.4. The number of hydrogen-bond donors (Lipinski definition) is 0. The molecule has 49 heavy (non-hydrogen) atoms.